The molecule has 9 aliphatic carbocycles. The number of aromatic hydroxyl groups is 3. The highest BCUT2D eigenvalue weighted by Crippen LogP contribution is 2.70. The van der Waals surface area contributed by atoms with Crippen LogP contribution in [0.25, 0.3) is 0 Å². The number of hydrogen-bond donors (Lipinski definition) is 7. The molecule has 15 unspecified atom stereocenters. The van der Waals surface area contributed by atoms with Gasteiger partial charge in [-0.3, -0.25) is 47.6 Å². The van der Waals surface area contributed by atoms with Crippen LogP contribution in [0.2, 0.25) is 0 Å². The fourth-order valence-electron chi connectivity index (χ4n) is 25.8. The van der Waals surface area contributed by atoms with Crippen LogP contribution in [-0.4, -0.2) is 325 Å². The Bertz CT molecular complexity index is 5110. The second-order valence-corrected chi connectivity index (χ2v) is 40.5. The molecule has 6 fully saturated rings. The number of fused-ring (bicyclic) bond motifs is 15. The third kappa shape index (κ3) is 20.3. The smallest absolute Gasteiger partial charge is 0.242 e. The molecular formula is C99H143N17O18. The molecule has 9 aliphatic rings. The van der Waals surface area contributed by atoms with E-state index in [1.807, 2.05) is 24.4 Å². The van der Waals surface area contributed by atoms with Crippen LogP contribution in [0, 0.1) is 51.8 Å². The van der Waals surface area contributed by atoms with Gasteiger partial charge in [-0.15, -0.1) is 15.3 Å². The number of likely N-dealkylation sites (N-methyl/N-ethyl adjacent to an activating group) is 1. The molecule has 3 aromatic carbocycles. The number of nitrogens with one attached hydrogen (secondary N) is 1. The molecule has 732 valence electrons. The minimum atomic E-state index is -1.29. The standard InChI is InChI=1S/C99H143N17O18/c1-94-31-25-75-72-22-16-69(117)53-66(72)13-19-78(75)81(94)28-34-97(94,127)84-57-114(104-101-84)40-10-37-100-56-87(120)110(44-49-131-6)62-92(125)111(45-50-132-7)64-90(123)109(39-12-42-116-59-86(103-106-116)99(129)36-30-83-80-21-15-68-55-71(119)18-24-74(68)77(80)27-33-96(83,99)3)61-91(124)113(47-52-134-9)65-93(126)112(46-51-133-8)63-89(122)108(60-88(121)107(4)43-48-130-5)38-11-41-115-58-85(102-105-115)98(128)35-29-82-79-20-14-67-54-70(118)17-23-73(67)76(79)26-32-95(82,98)2/h16-18,22-24,53-55,57-59,75-83,100,117-119,127-129H,10-15,19-21,25-52,56,60-65H2,1-9H3. The lowest BCUT2D eigenvalue weighted by atomic mass is 9.53. The van der Waals surface area contributed by atoms with Crippen molar-refractivity contribution < 1.29 is 87.9 Å². The van der Waals surface area contributed by atoms with E-state index in [1.54, 1.807) is 51.7 Å². The van der Waals surface area contributed by atoms with Gasteiger partial charge >= 0.3 is 0 Å². The number of carbonyl (C=O) groups is 7. The van der Waals surface area contributed by atoms with Crippen molar-refractivity contribution in [3.63, 3.8) is 0 Å². The van der Waals surface area contributed by atoms with Crippen molar-refractivity contribution >= 4 is 41.4 Å². The molecule has 7 amide bonds. The molecule has 3 heterocycles. The van der Waals surface area contributed by atoms with Crippen LogP contribution in [0.1, 0.15) is 205 Å². The van der Waals surface area contributed by atoms with Crippen LogP contribution in [0.4, 0.5) is 0 Å². The van der Waals surface area contributed by atoms with E-state index in [9.17, 15) is 49.8 Å². The molecule has 0 saturated heterocycles. The van der Waals surface area contributed by atoms with Crippen LogP contribution >= 0.6 is 0 Å². The van der Waals surface area contributed by atoms with Gasteiger partial charge < -0.3 is 93.9 Å². The van der Waals surface area contributed by atoms with Crippen molar-refractivity contribution in [3.8, 4) is 17.2 Å². The van der Waals surface area contributed by atoms with E-state index in [4.69, 9.17) is 23.7 Å². The van der Waals surface area contributed by atoms with Crippen LogP contribution < -0.4 is 5.32 Å². The molecule has 0 bridgehead atoms. The first kappa shape index (κ1) is 98.9. The van der Waals surface area contributed by atoms with E-state index >= 15 is 14.4 Å². The number of amides is 7. The first-order valence-corrected chi connectivity index (χ1v) is 48.8. The Kier molecular flexibility index (Phi) is 31.4. The Hall–Kier alpha value is -9.59. The van der Waals surface area contributed by atoms with Crippen LogP contribution in [0.3, 0.4) is 0 Å². The average Bonchev–Trinajstić information content (AvgIpc) is 1.55. The third-order valence-electron chi connectivity index (χ3n) is 33.5. The molecule has 134 heavy (non-hydrogen) atoms. The average molecular weight is 1860 g/mol. The zero-order valence-corrected chi connectivity index (χ0v) is 80.0. The lowest BCUT2D eigenvalue weighted by molar-refractivity contribution is -0.149. The fourth-order valence-corrected chi connectivity index (χ4v) is 25.8. The maximum Gasteiger partial charge on any atom is 0.242 e. The molecule has 7 N–H and O–H groups in total. The molecule has 15 atom stereocenters. The largest absolute Gasteiger partial charge is 0.508 e. The predicted molar refractivity (Wildman–Crippen MR) is 493 cm³/mol. The van der Waals surface area contributed by atoms with E-state index in [0.29, 0.717) is 109 Å². The topological polar surface area (TPSA) is 414 Å². The van der Waals surface area contributed by atoms with Gasteiger partial charge in [-0.1, -0.05) is 54.6 Å². The molecule has 35 heteroatoms. The zero-order valence-electron chi connectivity index (χ0n) is 80.0. The summed E-state index contributed by atoms with van der Waals surface area (Å²) in [5.41, 5.74) is 3.99. The number of aliphatic hydroxyl groups is 3. The summed E-state index contributed by atoms with van der Waals surface area (Å²) in [4.78, 5) is 113. The quantitative estimate of drug-likeness (QED) is 0.0197. The van der Waals surface area contributed by atoms with E-state index in [1.165, 1.54) is 103 Å². The molecule has 6 saturated carbocycles. The van der Waals surface area contributed by atoms with Gasteiger partial charge in [0, 0.05) is 124 Å². The summed E-state index contributed by atoms with van der Waals surface area (Å²) in [6, 6.07) is 17.3. The number of aromatic nitrogens is 9. The molecule has 0 aliphatic heterocycles. The number of phenols is 3. The van der Waals surface area contributed by atoms with Crippen molar-refractivity contribution in [3.05, 3.63) is 124 Å². The van der Waals surface area contributed by atoms with Gasteiger partial charge in [0.05, 0.1) is 97.4 Å². The van der Waals surface area contributed by atoms with E-state index in [0.717, 1.165) is 96.3 Å². The second kappa shape index (κ2) is 42.6. The van der Waals surface area contributed by atoms with Crippen molar-refractivity contribution in [1.29, 1.82) is 0 Å². The number of nitrogens with zero attached hydrogens (tertiary/aromatic N) is 16. The van der Waals surface area contributed by atoms with Crippen LogP contribution in [-0.2, 0) is 113 Å². The van der Waals surface area contributed by atoms with Crippen molar-refractivity contribution in [2.75, 3.05) is 174 Å². The number of rotatable bonds is 44. The summed E-state index contributed by atoms with van der Waals surface area (Å²) in [6.07, 6.45) is 21.3. The van der Waals surface area contributed by atoms with Gasteiger partial charge in [0.1, 0.15) is 51.1 Å². The number of phenolic OH excluding ortho intramolecular Hbond substituents is 3. The lowest BCUT2D eigenvalue weighted by Gasteiger charge is -2.52. The molecule has 0 spiro atoms. The Morgan fingerprint density at radius 1 is 0.381 bits per heavy atom. The Balaban J connectivity index is 0.607. The van der Waals surface area contributed by atoms with Gasteiger partial charge in [-0.25, -0.2) is 0 Å². The Morgan fingerprint density at radius 3 is 0.993 bits per heavy atom. The highest BCUT2D eigenvalue weighted by molar-refractivity contribution is 5.93. The van der Waals surface area contributed by atoms with Gasteiger partial charge in [0.2, 0.25) is 41.4 Å². The van der Waals surface area contributed by atoms with Gasteiger partial charge in [0.15, 0.2) is 0 Å². The first-order valence-electron chi connectivity index (χ1n) is 48.8. The fraction of sp³-hybridized carbons (Fsp3) is 0.687. The van der Waals surface area contributed by atoms with Gasteiger partial charge in [-0.05, 0) is 264 Å². The minimum absolute atomic E-state index is 0.000331. The number of ether oxygens (including phenoxy) is 5. The highest BCUT2D eigenvalue weighted by atomic mass is 16.5. The molecular weight excluding hydrogens is 1720 g/mol. The third-order valence-corrected chi connectivity index (χ3v) is 33.5. The highest BCUT2D eigenvalue weighted by Gasteiger charge is 2.66. The predicted octanol–water partition coefficient (Wildman–Crippen LogP) is 6.63. The summed E-state index contributed by atoms with van der Waals surface area (Å²) < 4.78 is 32.3. The van der Waals surface area contributed by atoms with Crippen LogP contribution in [0.5, 0.6) is 17.2 Å². The molecule has 0 radical (unpaired) electrons. The SMILES string of the molecule is COCCN(C)C(=O)CN(CCCn1cc(C2(O)CCC3C4CCc5cc(O)ccc5C4CCC32C)nn1)C(=O)CN(CCOC)C(=O)CN(CCOC)C(=O)CN(CCCn1cc(C2(O)CCC3C4CCc5cc(O)ccc5C4CCC32C)nn1)C(=O)CN(CCOC)C(=O)CN(CCOC)C(=O)CNCCCn1cc(C2(O)CCC3C4CCc5cc(O)ccc5C4CCC32C)nn1. The Morgan fingerprint density at radius 2 is 0.672 bits per heavy atom. The molecule has 3 aromatic heterocycles. The molecule has 6 aromatic rings. The summed E-state index contributed by atoms with van der Waals surface area (Å²) in [5, 5.41) is 100. The minimum Gasteiger partial charge on any atom is -0.508 e. The second-order valence-electron chi connectivity index (χ2n) is 40.5. The van der Waals surface area contributed by atoms with Crippen molar-refractivity contribution in [2.45, 2.75) is 210 Å². The number of aryl methyl sites for hydroxylation is 6. The summed E-state index contributed by atoms with van der Waals surface area (Å²) >= 11 is 0. The van der Waals surface area contributed by atoms with Gasteiger partial charge in [-0.2, -0.15) is 0 Å². The number of carbonyl (C=O) groups excluding carboxylic acids is 7. The van der Waals surface area contributed by atoms with E-state index in [2.05, 4.69) is 75.2 Å². The number of methoxy groups -OCH3 is 5. The summed E-state index contributed by atoms with van der Waals surface area (Å²) in [7, 11) is 8.99. The van der Waals surface area contributed by atoms with Gasteiger partial charge in [0.25, 0.3) is 0 Å². The first-order chi connectivity index (χ1) is 64.4. The molecule has 15 rings (SSSR count). The van der Waals surface area contributed by atoms with E-state index < -0.39 is 101 Å². The van der Waals surface area contributed by atoms with Crippen LogP contribution in [0.15, 0.2) is 73.2 Å². The molecule has 35 nitrogen and oxygen atoms in total. The normalized spacial score (nSPS) is 27.3. The number of hydrogen-bond acceptors (Lipinski definition) is 25. The summed E-state index contributed by atoms with van der Waals surface area (Å²) in [6.45, 7) is 4.97. The summed E-state index contributed by atoms with van der Waals surface area (Å²) in [5.74, 6) is -0.1000. The monoisotopic (exact) mass is 1860 g/mol. The maximum atomic E-state index is 15.4. The maximum absolute atomic E-state index is 15.4. The number of benzene rings is 3. The van der Waals surface area contributed by atoms with Crippen molar-refractivity contribution in [2.24, 2.45) is 51.8 Å². The van der Waals surface area contributed by atoms with E-state index in [-0.39, 0.29) is 141 Å². The lowest BCUT2D eigenvalue weighted by Crippen LogP contribution is -2.53. The van der Waals surface area contributed by atoms with Crippen molar-refractivity contribution in [1.82, 2.24) is 84.6 Å². The zero-order chi connectivity index (χ0) is 95.0. The Labute approximate surface area is 786 Å².